The molecule has 1 heterocycles. The van der Waals surface area contributed by atoms with Crippen molar-refractivity contribution in [1.82, 2.24) is 9.21 Å². The van der Waals surface area contributed by atoms with Crippen LogP contribution in [0, 0.1) is 17.0 Å². The maximum atomic E-state index is 13.0. The zero-order chi connectivity index (χ0) is 24.9. The van der Waals surface area contributed by atoms with Crippen molar-refractivity contribution >= 4 is 27.6 Å². The molecule has 0 aromatic heterocycles. The molecule has 2 aromatic rings. The third-order valence-corrected chi connectivity index (χ3v) is 7.47. The minimum Gasteiger partial charge on any atom is -0.497 e. The number of amides is 1. The number of nitro benzene ring substituents is 1. The summed E-state index contributed by atoms with van der Waals surface area (Å²) in [6.45, 7) is 1.97. The molecule has 0 radical (unpaired) electrons. The Morgan fingerprint density at radius 1 is 1.00 bits per heavy atom. The van der Waals surface area contributed by atoms with Gasteiger partial charge in [0.1, 0.15) is 11.5 Å². The highest BCUT2D eigenvalue weighted by molar-refractivity contribution is 7.89. The van der Waals surface area contributed by atoms with E-state index in [2.05, 4.69) is 0 Å². The predicted molar refractivity (Wildman–Crippen MR) is 121 cm³/mol. The zero-order valence-electron chi connectivity index (χ0n) is 18.8. The fraction of sp³-hybridized carbons (Fsp3) is 0.364. The summed E-state index contributed by atoms with van der Waals surface area (Å²) in [5.74, 6) is 0.126. The molecule has 0 saturated carbocycles. The van der Waals surface area contributed by atoms with E-state index in [1.165, 1.54) is 28.4 Å². The average molecular weight is 492 g/mol. The van der Waals surface area contributed by atoms with Crippen LogP contribution in [0.25, 0.3) is 0 Å². The Hall–Kier alpha value is -3.51. The maximum Gasteiger partial charge on any atom is 0.311 e. The quantitative estimate of drug-likeness (QED) is 0.237. The van der Waals surface area contributed by atoms with Gasteiger partial charge in [-0.15, -0.1) is 0 Å². The number of ether oxygens (including phenoxy) is 2. The first-order valence-electron chi connectivity index (χ1n) is 10.5. The van der Waals surface area contributed by atoms with Crippen molar-refractivity contribution in [2.45, 2.75) is 24.7 Å². The molecule has 3 rings (SSSR count). The van der Waals surface area contributed by atoms with Crippen molar-refractivity contribution in [2.75, 3.05) is 33.3 Å². The fourth-order valence-corrected chi connectivity index (χ4v) is 5.16. The Bertz CT molecular complexity index is 1170. The normalized spacial score (nSPS) is 14.5. The second-order valence-corrected chi connectivity index (χ2v) is 9.55. The molecule has 0 bridgehead atoms. The number of sulfonamides is 1. The number of aryl methyl sites for hydroxylation is 1. The molecule has 11 nitrogen and oxygen atoms in total. The first-order chi connectivity index (χ1) is 16.1. The SMILES string of the molecule is COc1ccc(OC(=O)CCC(=O)N2CCN(S(=O)(=O)c3cc([N+](=O)[O-])ccc3C)CC2)cc1. The number of carbonyl (C=O) groups is 2. The molecule has 0 aliphatic carbocycles. The zero-order valence-corrected chi connectivity index (χ0v) is 19.6. The van der Waals surface area contributed by atoms with E-state index in [0.717, 1.165) is 6.07 Å². The number of carbonyl (C=O) groups excluding carboxylic acids is 2. The minimum absolute atomic E-state index is 0.0481. The molecule has 0 unspecified atom stereocenters. The van der Waals surface area contributed by atoms with Gasteiger partial charge in [-0.25, -0.2) is 8.42 Å². The first-order valence-corrected chi connectivity index (χ1v) is 11.9. The average Bonchev–Trinajstić information content (AvgIpc) is 2.83. The van der Waals surface area contributed by atoms with E-state index < -0.39 is 20.9 Å². The molecule has 1 aliphatic rings. The van der Waals surface area contributed by atoms with Crippen molar-refractivity contribution in [2.24, 2.45) is 0 Å². The molecule has 0 N–H and O–H groups in total. The predicted octanol–water partition coefficient (Wildman–Crippen LogP) is 2.13. The van der Waals surface area contributed by atoms with Gasteiger partial charge in [0.05, 0.1) is 23.3 Å². The van der Waals surface area contributed by atoms with Gasteiger partial charge >= 0.3 is 5.97 Å². The Labute approximate surface area is 197 Å². The van der Waals surface area contributed by atoms with Gasteiger partial charge < -0.3 is 14.4 Å². The molecular weight excluding hydrogens is 466 g/mol. The first kappa shape index (κ1) is 25.1. The van der Waals surface area contributed by atoms with Crippen LogP contribution in [0.2, 0.25) is 0 Å². The molecule has 0 atom stereocenters. The molecule has 2 aromatic carbocycles. The number of hydrogen-bond acceptors (Lipinski definition) is 8. The molecule has 34 heavy (non-hydrogen) atoms. The van der Waals surface area contributed by atoms with E-state index in [-0.39, 0.29) is 55.5 Å². The van der Waals surface area contributed by atoms with Gasteiger partial charge in [0, 0.05) is 44.7 Å². The second kappa shape index (κ2) is 10.6. The molecule has 1 aliphatic heterocycles. The number of nitro groups is 1. The Balaban J connectivity index is 1.52. The van der Waals surface area contributed by atoms with Crippen LogP contribution in [0.3, 0.4) is 0 Å². The Morgan fingerprint density at radius 2 is 1.62 bits per heavy atom. The summed E-state index contributed by atoms with van der Waals surface area (Å²) in [6, 6.07) is 10.2. The van der Waals surface area contributed by atoms with E-state index in [9.17, 15) is 28.1 Å². The third kappa shape index (κ3) is 5.88. The molecular formula is C22H25N3O8S. The van der Waals surface area contributed by atoms with E-state index in [1.54, 1.807) is 31.2 Å². The van der Waals surface area contributed by atoms with Gasteiger partial charge in [-0.2, -0.15) is 4.31 Å². The van der Waals surface area contributed by atoms with Crippen molar-refractivity contribution < 1.29 is 32.4 Å². The van der Waals surface area contributed by atoms with Crippen molar-refractivity contribution in [1.29, 1.82) is 0 Å². The largest absolute Gasteiger partial charge is 0.497 e. The van der Waals surface area contributed by atoms with Crippen LogP contribution >= 0.6 is 0 Å². The van der Waals surface area contributed by atoms with Crippen LogP contribution in [0.15, 0.2) is 47.4 Å². The smallest absolute Gasteiger partial charge is 0.311 e. The van der Waals surface area contributed by atoms with Crippen molar-refractivity contribution in [3.8, 4) is 11.5 Å². The summed E-state index contributed by atoms with van der Waals surface area (Å²) in [6.07, 6.45) is -0.179. The lowest BCUT2D eigenvalue weighted by Gasteiger charge is -2.34. The number of benzene rings is 2. The van der Waals surface area contributed by atoms with Gasteiger partial charge in [0.15, 0.2) is 0 Å². The highest BCUT2D eigenvalue weighted by atomic mass is 32.2. The van der Waals surface area contributed by atoms with E-state index >= 15 is 0 Å². The topological polar surface area (TPSA) is 136 Å². The van der Waals surface area contributed by atoms with E-state index in [4.69, 9.17) is 9.47 Å². The highest BCUT2D eigenvalue weighted by Gasteiger charge is 2.32. The minimum atomic E-state index is -3.96. The van der Waals surface area contributed by atoms with Crippen LogP contribution < -0.4 is 9.47 Å². The van der Waals surface area contributed by atoms with Crippen molar-refractivity contribution in [3.63, 3.8) is 0 Å². The number of non-ortho nitro benzene ring substituents is 1. The summed E-state index contributed by atoms with van der Waals surface area (Å²) >= 11 is 0. The standard InChI is InChI=1S/C22H25N3O8S/c1-16-3-4-17(25(28)29)15-20(16)34(30,31)24-13-11-23(12-14-24)21(26)9-10-22(27)33-19-7-5-18(32-2)6-8-19/h3-8,15H,9-14H2,1-2H3. The molecule has 1 saturated heterocycles. The second-order valence-electron chi connectivity index (χ2n) is 7.64. The number of hydrogen-bond donors (Lipinski definition) is 0. The molecule has 1 fully saturated rings. The highest BCUT2D eigenvalue weighted by Crippen LogP contribution is 2.26. The Morgan fingerprint density at radius 3 is 2.21 bits per heavy atom. The summed E-state index contributed by atoms with van der Waals surface area (Å²) in [5.41, 5.74) is 0.0963. The fourth-order valence-electron chi connectivity index (χ4n) is 3.49. The lowest BCUT2D eigenvalue weighted by Crippen LogP contribution is -2.50. The van der Waals surface area contributed by atoms with Crippen LogP contribution in [0.5, 0.6) is 11.5 Å². The third-order valence-electron chi connectivity index (χ3n) is 5.43. The number of rotatable bonds is 8. The summed E-state index contributed by atoms with van der Waals surface area (Å²) in [5, 5.41) is 11.0. The van der Waals surface area contributed by atoms with Gasteiger partial charge in [-0.05, 0) is 36.8 Å². The van der Waals surface area contributed by atoms with Crippen LogP contribution in [0.4, 0.5) is 5.69 Å². The van der Waals surface area contributed by atoms with Gasteiger partial charge in [0.25, 0.3) is 5.69 Å². The van der Waals surface area contributed by atoms with E-state index in [1.807, 2.05) is 0 Å². The van der Waals surface area contributed by atoms with Gasteiger partial charge in [-0.3, -0.25) is 19.7 Å². The van der Waals surface area contributed by atoms with Crippen molar-refractivity contribution in [3.05, 3.63) is 58.1 Å². The molecule has 0 spiro atoms. The lowest BCUT2D eigenvalue weighted by atomic mass is 10.2. The van der Waals surface area contributed by atoms with E-state index in [0.29, 0.717) is 17.1 Å². The molecule has 182 valence electrons. The van der Waals surface area contributed by atoms with Crippen LogP contribution in [-0.2, 0) is 19.6 Å². The molecule has 1 amide bonds. The van der Waals surface area contributed by atoms with Crippen LogP contribution in [0.1, 0.15) is 18.4 Å². The number of esters is 1. The molecule has 12 heteroatoms. The summed E-state index contributed by atoms with van der Waals surface area (Å²) in [7, 11) is -2.43. The number of nitrogens with zero attached hydrogens (tertiary/aromatic N) is 3. The number of piperazine rings is 1. The summed E-state index contributed by atoms with van der Waals surface area (Å²) < 4.78 is 37.5. The monoisotopic (exact) mass is 491 g/mol. The van der Waals surface area contributed by atoms with Gasteiger partial charge in [0.2, 0.25) is 15.9 Å². The van der Waals surface area contributed by atoms with Gasteiger partial charge in [-0.1, -0.05) is 6.07 Å². The van der Waals surface area contributed by atoms with Crippen LogP contribution in [-0.4, -0.2) is 67.7 Å². The lowest BCUT2D eigenvalue weighted by molar-refractivity contribution is -0.385. The Kier molecular flexibility index (Phi) is 7.84. The maximum absolute atomic E-state index is 13.0. The number of methoxy groups -OCH3 is 1. The summed E-state index contributed by atoms with van der Waals surface area (Å²) in [4.78, 5) is 36.3.